The molecule has 0 aliphatic carbocycles. The van der Waals surface area contributed by atoms with Crippen LogP contribution in [0.15, 0.2) is 0 Å². The summed E-state index contributed by atoms with van der Waals surface area (Å²) in [7, 11) is 0. The van der Waals surface area contributed by atoms with E-state index < -0.39 is 24.2 Å². The molecule has 0 saturated carbocycles. The molecule has 0 spiro atoms. The van der Waals surface area contributed by atoms with Gasteiger partial charge in [0.1, 0.15) is 0 Å². The molecule has 0 fully saturated rings. The summed E-state index contributed by atoms with van der Waals surface area (Å²) in [6.45, 7) is 4.23. The molecule has 0 aromatic rings. The molecule has 0 radical (unpaired) electrons. The third-order valence-electron chi connectivity index (χ3n) is 3.36. The standard InChI is InChI=1S/C17H30O5.CH2O3/c1-3-5-7-9-11-13-15(18)21-17(20)22-16(19)14-12-10-8-6-4-2;2-1(3)4/h3-14H2,1-2H3;(H2,2,3,4). The summed E-state index contributed by atoms with van der Waals surface area (Å²) in [6, 6.07) is 0. The number of unbranched alkanes of at least 4 members (excludes halogenated alkanes) is 8. The van der Waals surface area contributed by atoms with E-state index in [9.17, 15) is 14.4 Å². The van der Waals surface area contributed by atoms with E-state index in [2.05, 4.69) is 23.3 Å². The Morgan fingerprint density at radius 3 is 1.23 bits per heavy atom. The van der Waals surface area contributed by atoms with Gasteiger partial charge in [-0.2, -0.15) is 0 Å². The zero-order valence-corrected chi connectivity index (χ0v) is 15.8. The molecular weight excluding hydrogens is 344 g/mol. The quantitative estimate of drug-likeness (QED) is 0.272. The predicted octanol–water partition coefficient (Wildman–Crippen LogP) is 5.14. The minimum atomic E-state index is -1.83. The maximum Gasteiger partial charge on any atom is 0.524 e. The van der Waals surface area contributed by atoms with Crippen molar-refractivity contribution in [1.82, 2.24) is 0 Å². The van der Waals surface area contributed by atoms with Crippen LogP contribution in [0, 0.1) is 0 Å². The predicted molar refractivity (Wildman–Crippen MR) is 95.0 cm³/mol. The summed E-state index contributed by atoms with van der Waals surface area (Å²) < 4.78 is 8.90. The van der Waals surface area contributed by atoms with Gasteiger partial charge in [0.2, 0.25) is 0 Å². The minimum Gasteiger partial charge on any atom is -0.450 e. The van der Waals surface area contributed by atoms with E-state index in [1.54, 1.807) is 0 Å². The van der Waals surface area contributed by atoms with Gasteiger partial charge in [-0.25, -0.2) is 9.59 Å². The Hall–Kier alpha value is -2.12. The van der Waals surface area contributed by atoms with Crippen molar-refractivity contribution >= 4 is 24.2 Å². The van der Waals surface area contributed by atoms with Crippen LogP contribution in [0.4, 0.5) is 9.59 Å². The molecule has 0 aromatic heterocycles. The maximum absolute atomic E-state index is 11.4. The molecule has 2 N–H and O–H groups in total. The Bertz CT molecular complexity index is 372. The lowest BCUT2D eigenvalue weighted by atomic mass is 10.1. The van der Waals surface area contributed by atoms with Gasteiger partial charge < -0.3 is 19.7 Å². The van der Waals surface area contributed by atoms with Crippen LogP contribution in [0.25, 0.3) is 0 Å². The van der Waals surface area contributed by atoms with E-state index in [0.29, 0.717) is 12.8 Å². The summed E-state index contributed by atoms with van der Waals surface area (Å²) in [5.41, 5.74) is 0. The zero-order valence-electron chi connectivity index (χ0n) is 15.8. The van der Waals surface area contributed by atoms with Crippen LogP contribution in [0.2, 0.25) is 0 Å². The van der Waals surface area contributed by atoms with E-state index in [4.69, 9.17) is 15.0 Å². The first-order chi connectivity index (χ1) is 12.3. The van der Waals surface area contributed by atoms with Gasteiger partial charge in [-0.1, -0.05) is 65.2 Å². The summed E-state index contributed by atoms with van der Waals surface area (Å²) in [6.07, 6.45) is 7.31. The van der Waals surface area contributed by atoms with Crippen molar-refractivity contribution in [3.8, 4) is 0 Å². The number of rotatable bonds is 12. The summed E-state index contributed by atoms with van der Waals surface area (Å²) in [5.74, 6) is -1.26. The van der Waals surface area contributed by atoms with Crippen molar-refractivity contribution < 1.29 is 38.9 Å². The third-order valence-corrected chi connectivity index (χ3v) is 3.36. The van der Waals surface area contributed by atoms with Gasteiger partial charge >= 0.3 is 24.2 Å². The second-order valence-electron chi connectivity index (χ2n) is 5.81. The van der Waals surface area contributed by atoms with Crippen LogP contribution in [-0.4, -0.2) is 34.5 Å². The highest BCUT2D eigenvalue weighted by atomic mass is 16.8. The first kappa shape index (κ1) is 26.1. The summed E-state index contributed by atoms with van der Waals surface area (Å²) >= 11 is 0. The normalized spacial score (nSPS) is 9.62. The highest BCUT2D eigenvalue weighted by Gasteiger charge is 2.15. The Kier molecular flexibility index (Phi) is 19.3. The van der Waals surface area contributed by atoms with Gasteiger partial charge in [-0.05, 0) is 12.8 Å². The van der Waals surface area contributed by atoms with E-state index >= 15 is 0 Å². The van der Waals surface area contributed by atoms with Crippen LogP contribution in [0.5, 0.6) is 0 Å². The second kappa shape index (κ2) is 19.2. The van der Waals surface area contributed by atoms with Crippen molar-refractivity contribution in [3.63, 3.8) is 0 Å². The molecule has 0 saturated heterocycles. The summed E-state index contributed by atoms with van der Waals surface area (Å²) in [5, 5.41) is 13.9. The SMILES string of the molecule is CCCCCCCC(=O)OC(=O)OC(=O)CCCCCCC.O=C(O)O. The molecule has 0 amide bonds. The molecule has 0 unspecified atom stereocenters. The fourth-order valence-electron chi connectivity index (χ4n) is 2.05. The highest BCUT2D eigenvalue weighted by Crippen LogP contribution is 2.08. The number of hydrogen-bond acceptors (Lipinski definition) is 6. The molecule has 0 bridgehead atoms. The van der Waals surface area contributed by atoms with Gasteiger partial charge in [0.05, 0.1) is 0 Å². The van der Waals surface area contributed by atoms with Crippen LogP contribution < -0.4 is 0 Å². The molecule has 0 rings (SSSR count). The lowest BCUT2D eigenvalue weighted by molar-refractivity contribution is -0.146. The van der Waals surface area contributed by atoms with E-state index in [1.807, 2.05) is 0 Å². The first-order valence-electron chi connectivity index (χ1n) is 9.20. The number of hydrogen-bond donors (Lipinski definition) is 2. The monoisotopic (exact) mass is 376 g/mol. The second-order valence-corrected chi connectivity index (χ2v) is 5.81. The molecular formula is C18H32O8. The molecule has 0 atom stereocenters. The molecule has 152 valence electrons. The Morgan fingerprint density at radius 2 is 0.923 bits per heavy atom. The molecule has 26 heavy (non-hydrogen) atoms. The van der Waals surface area contributed by atoms with Crippen LogP contribution in [0.1, 0.15) is 90.9 Å². The Labute approximate surface area is 154 Å². The van der Waals surface area contributed by atoms with Gasteiger partial charge in [-0.15, -0.1) is 0 Å². The maximum atomic E-state index is 11.4. The number of esters is 2. The first-order valence-corrected chi connectivity index (χ1v) is 9.20. The van der Waals surface area contributed by atoms with Crippen LogP contribution >= 0.6 is 0 Å². The Balaban J connectivity index is 0. The van der Waals surface area contributed by atoms with Crippen molar-refractivity contribution in [1.29, 1.82) is 0 Å². The van der Waals surface area contributed by atoms with Gasteiger partial charge in [0.15, 0.2) is 0 Å². The average molecular weight is 376 g/mol. The van der Waals surface area contributed by atoms with Gasteiger partial charge in [-0.3, -0.25) is 9.59 Å². The number of carboxylic acid groups (broad SMARTS) is 2. The summed E-state index contributed by atoms with van der Waals surface area (Å²) in [4.78, 5) is 42.5. The largest absolute Gasteiger partial charge is 0.524 e. The average Bonchev–Trinajstić information content (AvgIpc) is 2.53. The van der Waals surface area contributed by atoms with E-state index in [0.717, 1.165) is 51.4 Å². The van der Waals surface area contributed by atoms with Crippen LogP contribution in [-0.2, 0) is 19.1 Å². The molecule has 8 nitrogen and oxygen atoms in total. The highest BCUT2D eigenvalue weighted by molar-refractivity contribution is 5.88. The number of ether oxygens (including phenoxy) is 2. The molecule has 8 heteroatoms. The Morgan fingerprint density at radius 1 is 0.615 bits per heavy atom. The topological polar surface area (TPSA) is 127 Å². The lowest BCUT2D eigenvalue weighted by Gasteiger charge is -2.04. The fourth-order valence-corrected chi connectivity index (χ4v) is 2.05. The number of carbonyl (C=O) groups excluding carboxylic acids is 3. The minimum absolute atomic E-state index is 0.185. The molecule has 0 heterocycles. The van der Waals surface area contributed by atoms with Crippen LogP contribution in [0.3, 0.4) is 0 Å². The van der Waals surface area contributed by atoms with Gasteiger partial charge in [0, 0.05) is 12.8 Å². The van der Waals surface area contributed by atoms with Gasteiger partial charge in [0.25, 0.3) is 0 Å². The van der Waals surface area contributed by atoms with E-state index in [-0.39, 0.29) is 12.8 Å². The van der Waals surface area contributed by atoms with Crippen molar-refractivity contribution in [2.75, 3.05) is 0 Å². The third kappa shape index (κ3) is 24.1. The van der Waals surface area contributed by atoms with Crippen molar-refractivity contribution in [2.24, 2.45) is 0 Å². The van der Waals surface area contributed by atoms with Crippen molar-refractivity contribution in [3.05, 3.63) is 0 Å². The van der Waals surface area contributed by atoms with Crippen molar-refractivity contribution in [2.45, 2.75) is 90.9 Å². The lowest BCUT2D eigenvalue weighted by Crippen LogP contribution is -2.17. The number of carbonyl (C=O) groups is 4. The van der Waals surface area contributed by atoms with E-state index in [1.165, 1.54) is 0 Å². The molecule has 0 aliphatic rings. The smallest absolute Gasteiger partial charge is 0.450 e. The molecule has 0 aliphatic heterocycles. The zero-order chi connectivity index (χ0) is 20.2. The fraction of sp³-hybridized carbons (Fsp3) is 0.778. The molecule has 0 aromatic carbocycles.